The average molecular weight is 356 g/mol. The summed E-state index contributed by atoms with van der Waals surface area (Å²) in [6, 6.07) is 7.08. The van der Waals surface area contributed by atoms with E-state index in [2.05, 4.69) is 15.7 Å². The number of hydrogen-bond acceptors (Lipinski definition) is 4. The third-order valence-corrected chi connectivity index (χ3v) is 4.54. The van der Waals surface area contributed by atoms with E-state index in [-0.39, 0.29) is 5.63 Å². The first-order chi connectivity index (χ1) is 11.8. The van der Waals surface area contributed by atoms with E-state index in [1.807, 2.05) is 44.6 Å². The number of thiocarbonyl (C=S) groups is 1. The Morgan fingerprint density at radius 3 is 2.72 bits per heavy atom. The molecule has 0 fully saturated rings. The Kier molecular flexibility index (Phi) is 4.59. The maximum absolute atomic E-state index is 11.5. The minimum Gasteiger partial charge on any atom is -0.423 e. The molecule has 0 radical (unpaired) electrons. The molecule has 0 aliphatic rings. The van der Waals surface area contributed by atoms with Crippen molar-refractivity contribution in [2.24, 2.45) is 7.05 Å². The van der Waals surface area contributed by atoms with Gasteiger partial charge in [0.25, 0.3) is 0 Å². The van der Waals surface area contributed by atoms with Crippen molar-refractivity contribution in [3.05, 3.63) is 57.2 Å². The molecular weight excluding hydrogens is 336 g/mol. The van der Waals surface area contributed by atoms with Crippen LogP contribution in [0.1, 0.15) is 22.5 Å². The molecule has 0 aliphatic heterocycles. The molecule has 0 bridgehead atoms. The molecule has 0 aliphatic carbocycles. The molecule has 0 spiro atoms. The highest BCUT2D eigenvalue weighted by Gasteiger charge is 2.10. The Hall–Kier alpha value is -2.67. The second kappa shape index (κ2) is 6.68. The van der Waals surface area contributed by atoms with Gasteiger partial charge in [-0.1, -0.05) is 0 Å². The summed E-state index contributed by atoms with van der Waals surface area (Å²) in [4.78, 5) is 11.5. The van der Waals surface area contributed by atoms with Crippen LogP contribution in [0.2, 0.25) is 0 Å². The molecule has 130 valence electrons. The van der Waals surface area contributed by atoms with E-state index >= 15 is 0 Å². The quantitative estimate of drug-likeness (QED) is 0.555. The van der Waals surface area contributed by atoms with Gasteiger partial charge in [-0.15, -0.1) is 0 Å². The molecule has 0 saturated carbocycles. The van der Waals surface area contributed by atoms with Gasteiger partial charge in [0, 0.05) is 48.1 Å². The van der Waals surface area contributed by atoms with Crippen molar-refractivity contribution in [3.63, 3.8) is 0 Å². The summed E-state index contributed by atoms with van der Waals surface area (Å²) < 4.78 is 7.12. The van der Waals surface area contributed by atoms with Crippen molar-refractivity contribution in [1.82, 2.24) is 15.1 Å². The number of nitrogens with zero attached hydrogens (tertiary/aromatic N) is 2. The van der Waals surface area contributed by atoms with Crippen molar-refractivity contribution in [2.75, 3.05) is 5.32 Å². The Morgan fingerprint density at radius 1 is 1.28 bits per heavy atom. The highest BCUT2D eigenvalue weighted by atomic mass is 32.1. The van der Waals surface area contributed by atoms with Gasteiger partial charge in [0.2, 0.25) is 0 Å². The Bertz CT molecular complexity index is 1020. The van der Waals surface area contributed by atoms with Crippen LogP contribution >= 0.6 is 12.2 Å². The third kappa shape index (κ3) is 3.56. The van der Waals surface area contributed by atoms with Crippen LogP contribution in [0.5, 0.6) is 0 Å². The molecular formula is C18H20N4O2S. The molecule has 0 atom stereocenters. The normalized spacial score (nSPS) is 10.9. The van der Waals surface area contributed by atoms with E-state index in [1.54, 1.807) is 6.07 Å². The third-order valence-electron chi connectivity index (χ3n) is 4.29. The molecule has 3 rings (SSSR count). The summed E-state index contributed by atoms with van der Waals surface area (Å²) in [6.45, 7) is 6.49. The zero-order chi connectivity index (χ0) is 18.1. The van der Waals surface area contributed by atoms with E-state index in [4.69, 9.17) is 16.6 Å². The predicted molar refractivity (Wildman–Crippen MR) is 103 cm³/mol. The van der Waals surface area contributed by atoms with Gasteiger partial charge in [-0.2, -0.15) is 5.10 Å². The Labute approximate surface area is 150 Å². The Balaban J connectivity index is 1.72. The minimum absolute atomic E-state index is 0.356. The molecule has 0 saturated heterocycles. The van der Waals surface area contributed by atoms with E-state index in [1.165, 1.54) is 6.07 Å². The monoisotopic (exact) mass is 356 g/mol. The van der Waals surface area contributed by atoms with E-state index in [9.17, 15) is 4.79 Å². The van der Waals surface area contributed by atoms with Gasteiger partial charge in [0.1, 0.15) is 5.58 Å². The van der Waals surface area contributed by atoms with Crippen LogP contribution in [0.4, 0.5) is 5.69 Å². The number of benzene rings is 1. The summed E-state index contributed by atoms with van der Waals surface area (Å²) in [5.74, 6) is 0. The maximum atomic E-state index is 11.5. The van der Waals surface area contributed by atoms with Crippen LogP contribution in [0.3, 0.4) is 0 Å². The molecule has 2 aromatic heterocycles. The van der Waals surface area contributed by atoms with Gasteiger partial charge in [0.05, 0.1) is 5.69 Å². The number of anilines is 1. The van der Waals surface area contributed by atoms with Crippen LogP contribution in [0, 0.1) is 20.8 Å². The molecule has 0 amide bonds. The van der Waals surface area contributed by atoms with E-state index < -0.39 is 0 Å². The lowest BCUT2D eigenvalue weighted by atomic mass is 10.1. The van der Waals surface area contributed by atoms with E-state index in [0.29, 0.717) is 17.2 Å². The standard InChI is InChI=1S/C18H20N4O2S/c1-10-7-17(23)24-16-8-13(5-6-14(10)16)20-18(25)19-9-15-11(2)21-22(4)12(15)3/h5-8H,9H2,1-4H3,(H2,19,20,25). The molecule has 7 heteroatoms. The highest BCUT2D eigenvalue weighted by molar-refractivity contribution is 7.80. The Morgan fingerprint density at radius 2 is 2.04 bits per heavy atom. The zero-order valence-electron chi connectivity index (χ0n) is 14.6. The van der Waals surface area contributed by atoms with Crippen molar-refractivity contribution < 1.29 is 4.42 Å². The van der Waals surface area contributed by atoms with Crippen molar-refractivity contribution in [1.29, 1.82) is 0 Å². The molecule has 6 nitrogen and oxygen atoms in total. The highest BCUT2D eigenvalue weighted by Crippen LogP contribution is 2.20. The molecule has 2 heterocycles. The lowest BCUT2D eigenvalue weighted by Crippen LogP contribution is -2.28. The molecule has 1 aromatic carbocycles. The number of nitrogens with one attached hydrogen (secondary N) is 2. The first-order valence-electron chi connectivity index (χ1n) is 7.93. The van der Waals surface area contributed by atoms with Crippen molar-refractivity contribution in [2.45, 2.75) is 27.3 Å². The largest absolute Gasteiger partial charge is 0.423 e. The van der Waals surface area contributed by atoms with Crippen LogP contribution in [-0.4, -0.2) is 14.9 Å². The predicted octanol–water partition coefficient (Wildman–Crippen LogP) is 2.94. The molecule has 0 unspecified atom stereocenters. The molecule has 3 aromatic rings. The van der Waals surface area contributed by atoms with Crippen LogP contribution in [0.25, 0.3) is 11.0 Å². The zero-order valence-corrected chi connectivity index (χ0v) is 15.5. The smallest absolute Gasteiger partial charge is 0.336 e. The minimum atomic E-state index is -0.356. The average Bonchev–Trinajstić information content (AvgIpc) is 2.77. The van der Waals surface area contributed by atoms with Gasteiger partial charge >= 0.3 is 5.63 Å². The van der Waals surface area contributed by atoms with Crippen LogP contribution < -0.4 is 16.3 Å². The van der Waals surface area contributed by atoms with Crippen LogP contribution in [0.15, 0.2) is 33.5 Å². The first kappa shape index (κ1) is 17.2. The summed E-state index contributed by atoms with van der Waals surface area (Å²) in [5, 5.41) is 12.1. The second-order valence-corrected chi connectivity index (χ2v) is 6.45. The second-order valence-electron chi connectivity index (χ2n) is 6.04. The van der Waals surface area contributed by atoms with Gasteiger partial charge in [-0.3, -0.25) is 4.68 Å². The van der Waals surface area contributed by atoms with Crippen LogP contribution in [-0.2, 0) is 13.6 Å². The van der Waals surface area contributed by atoms with Gasteiger partial charge in [0.15, 0.2) is 5.11 Å². The molecule has 25 heavy (non-hydrogen) atoms. The summed E-state index contributed by atoms with van der Waals surface area (Å²) >= 11 is 5.36. The first-order valence-corrected chi connectivity index (χ1v) is 8.34. The SMILES string of the molecule is Cc1nn(C)c(C)c1CNC(=S)Nc1ccc2c(C)cc(=O)oc2c1. The summed E-state index contributed by atoms with van der Waals surface area (Å²) in [6.07, 6.45) is 0. The molecule has 2 N–H and O–H groups in total. The summed E-state index contributed by atoms with van der Waals surface area (Å²) in [5.41, 5.74) is 5.06. The lowest BCUT2D eigenvalue weighted by Gasteiger charge is -2.11. The van der Waals surface area contributed by atoms with E-state index in [0.717, 1.165) is 33.6 Å². The van der Waals surface area contributed by atoms with Gasteiger partial charge in [-0.25, -0.2) is 4.79 Å². The van der Waals surface area contributed by atoms with Crippen molar-refractivity contribution in [3.8, 4) is 0 Å². The lowest BCUT2D eigenvalue weighted by molar-refractivity contribution is 0.560. The fourth-order valence-corrected chi connectivity index (χ4v) is 3.01. The van der Waals surface area contributed by atoms with Gasteiger partial charge in [-0.05, 0) is 50.7 Å². The van der Waals surface area contributed by atoms with Crippen molar-refractivity contribution >= 4 is 34.0 Å². The summed E-state index contributed by atoms with van der Waals surface area (Å²) in [7, 11) is 1.92. The number of aryl methyl sites for hydroxylation is 3. The number of rotatable bonds is 3. The number of hydrogen-bond donors (Lipinski definition) is 2. The van der Waals surface area contributed by atoms with Gasteiger partial charge < -0.3 is 15.1 Å². The maximum Gasteiger partial charge on any atom is 0.336 e. The topological polar surface area (TPSA) is 72.1 Å². The number of fused-ring (bicyclic) bond motifs is 1. The fraction of sp³-hybridized carbons (Fsp3) is 0.278. The number of aromatic nitrogens is 2. The fourth-order valence-electron chi connectivity index (χ4n) is 2.82.